The molecule has 0 aliphatic carbocycles. The molecule has 136 valence electrons. The Balaban J connectivity index is 2.28. The second-order valence-electron chi connectivity index (χ2n) is 7.27. The van der Waals surface area contributed by atoms with Crippen LogP contribution in [0, 0.1) is 0 Å². The van der Waals surface area contributed by atoms with Crippen molar-refractivity contribution in [3.63, 3.8) is 0 Å². The summed E-state index contributed by atoms with van der Waals surface area (Å²) in [6, 6.07) is 12.4. The Morgan fingerprint density at radius 3 is 2.54 bits per heavy atom. The molecule has 3 nitrogen and oxygen atoms in total. The highest BCUT2D eigenvalue weighted by molar-refractivity contribution is 6.03. The van der Waals surface area contributed by atoms with Crippen LogP contribution in [0.3, 0.4) is 0 Å². The molecule has 0 aliphatic heterocycles. The van der Waals surface area contributed by atoms with E-state index >= 15 is 0 Å². The van der Waals surface area contributed by atoms with Gasteiger partial charge >= 0.3 is 0 Å². The number of Topliss-reactive ketones (excluding diaryl/α,β-unsaturated/α-hetero) is 1. The molecule has 1 unspecified atom stereocenters. The number of hydrogen-bond acceptors (Lipinski definition) is 3. The van der Waals surface area contributed by atoms with Gasteiger partial charge in [0.15, 0.2) is 5.78 Å². The van der Waals surface area contributed by atoms with Gasteiger partial charge in [-0.15, -0.1) is 0 Å². The molecule has 2 aromatic carbocycles. The summed E-state index contributed by atoms with van der Waals surface area (Å²) >= 11 is 0. The van der Waals surface area contributed by atoms with Crippen LogP contribution in [0.1, 0.15) is 61.0 Å². The van der Waals surface area contributed by atoms with Crippen molar-refractivity contribution in [1.29, 1.82) is 0 Å². The molecule has 0 amide bonds. The number of benzene rings is 2. The average molecular weight is 350 g/mol. The molecule has 1 aromatic heterocycles. The van der Waals surface area contributed by atoms with Crippen LogP contribution in [0.5, 0.6) is 0 Å². The number of furan rings is 1. The minimum atomic E-state index is 0.0838. The first-order valence-electron chi connectivity index (χ1n) is 9.07. The number of rotatable bonds is 6. The lowest BCUT2D eigenvalue weighted by Gasteiger charge is -2.21. The van der Waals surface area contributed by atoms with Crippen molar-refractivity contribution in [2.75, 3.05) is 13.7 Å². The zero-order valence-electron chi connectivity index (χ0n) is 16.1. The van der Waals surface area contributed by atoms with Gasteiger partial charge in [0.2, 0.25) is 0 Å². The second kappa shape index (κ2) is 7.46. The SMILES string of the molecule is COCC(C)c1cc(C(C)C)cc(-c2ccc3occc3c2)c1C(C)=O. The van der Waals surface area contributed by atoms with E-state index in [2.05, 4.69) is 39.0 Å². The number of ketones is 1. The van der Waals surface area contributed by atoms with E-state index in [1.807, 2.05) is 18.2 Å². The van der Waals surface area contributed by atoms with Crippen LogP contribution in [0.15, 0.2) is 47.1 Å². The van der Waals surface area contributed by atoms with Crippen molar-refractivity contribution < 1.29 is 13.9 Å². The Kier molecular flexibility index (Phi) is 5.28. The number of hydrogen-bond donors (Lipinski definition) is 0. The van der Waals surface area contributed by atoms with E-state index in [9.17, 15) is 4.79 Å². The molecule has 3 heteroatoms. The van der Waals surface area contributed by atoms with Crippen molar-refractivity contribution in [2.45, 2.75) is 39.5 Å². The smallest absolute Gasteiger partial charge is 0.160 e. The van der Waals surface area contributed by atoms with Gasteiger partial charge in [0.25, 0.3) is 0 Å². The van der Waals surface area contributed by atoms with E-state index in [1.165, 1.54) is 5.56 Å². The van der Waals surface area contributed by atoms with Gasteiger partial charge < -0.3 is 9.15 Å². The summed E-state index contributed by atoms with van der Waals surface area (Å²) in [5.74, 6) is 0.607. The summed E-state index contributed by atoms with van der Waals surface area (Å²) in [6.45, 7) is 8.70. The molecule has 0 fully saturated rings. The summed E-state index contributed by atoms with van der Waals surface area (Å²) < 4.78 is 10.8. The normalized spacial score (nSPS) is 12.7. The summed E-state index contributed by atoms with van der Waals surface area (Å²) in [5, 5.41) is 1.04. The molecule has 0 N–H and O–H groups in total. The van der Waals surface area contributed by atoms with Crippen molar-refractivity contribution in [3.05, 3.63) is 59.4 Å². The minimum absolute atomic E-state index is 0.0838. The quantitative estimate of drug-likeness (QED) is 0.499. The predicted octanol–water partition coefficient (Wildman–Crippen LogP) is 6.18. The number of fused-ring (bicyclic) bond motifs is 1. The molecule has 0 spiro atoms. The summed E-state index contributed by atoms with van der Waals surface area (Å²) in [6.07, 6.45) is 1.69. The van der Waals surface area contributed by atoms with Gasteiger partial charge in [0.05, 0.1) is 12.9 Å². The molecule has 0 saturated carbocycles. The van der Waals surface area contributed by atoms with Crippen molar-refractivity contribution >= 4 is 16.8 Å². The van der Waals surface area contributed by atoms with Crippen LogP contribution in [0.2, 0.25) is 0 Å². The highest BCUT2D eigenvalue weighted by atomic mass is 16.5. The van der Waals surface area contributed by atoms with E-state index in [0.717, 1.165) is 33.2 Å². The maximum absolute atomic E-state index is 12.6. The first kappa shape index (κ1) is 18.4. The monoisotopic (exact) mass is 350 g/mol. The van der Waals surface area contributed by atoms with Crippen LogP contribution in [0.4, 0.5) is 0 Å². The van der Waals surface area contributed by atoms with Crippen molar-refractivity contribution in [3.8, 4) is 11.1 Å². The Morgan fingerprint density at radius 2 is 1.88 bits per heavy atom. The third-order valence-corrected chi connectivity index (χ3v) is 4.92. The average Bonchev–Trinajstić information content (AvgIpc) is 3.08. The van der Waals surface area contributed by atoms with Crippen LogP contribution in [-0.4, -0.2) is 19.5 Å². The molecule has 3 rings (SSSR count). The molecule has 3 aromatic rings. The van der Waals surface area contributed by atoms with Crippen molar-refractivity contribution in [2.24, 2.45) is 0 Å². The summed E-state index contributed by atoms with van der Waals surface area (Å²) in [4.78, 5) is 12.6. The molecule has 0 saturated heterocycles. The van der Waals surface area contributed by atoms with Crippen LogP contribution in [0.25, 0.3) is 22.1 Å². The molecule has 0 bridgehead atoms. The van der Waals surface area contributed by atoms with Gasteiger partial charge in [-0.2, -0.15) is 0 Å². The lowest BCUT2D eigenvalue weighted by atomic mass is 9.84. The molecule has 1 atom stereocenters. The highest BCUT2D eigenvalue weighted by Crippen LogP contribution is 2.36. The van der Waals surface area contributed by atoms with Gasteiger partial charge in [-0.25, -0.2) is 0 Å². The van der Waals surface area contributed by atoms with E-state index in [-0.39, 0.29) is 11.7 Å². The van der Waals surface area contributed by atoms with Gasteiger partial charge in [-0.1, -0.05) is 39.0 Å². The first-order chi connectivity index (χ1) is 12.4. The Bertz CT molecular complexity index is 934. The maximum atomic E-state index is 12.6. The van der Waals surface area contributed by atoms with E-state index in [1.54, 1.807) is 20.3 Å². The maximum Gasteiger partial charge on any atom is 0.160 e. The first-order valence-corrected chi connectivity index (χ1v) is 9.07. The van der Waals surface area contributed by atoms with Crippen LogP contribution < -0.4 is 0 Å². The summed E-state index contributed by atoms with van der Waals surface area (Å²) in [5.41, 5.74) is 5.97. The topological polar surface area (TPSA) is 39.4 Å². The van der Waals surface area contributed by atoms with E-state index in [0.29, 0.717) is 12.5 Å². The number of carbonyl (C=O) groups excluding carboxylic acids is 1. The summed E-state index contributed by atoms with van der Waals surface area (Å²) in [7, 11) is 1.70. The Labute approximate surface area is 155 Å². The van der Waals surface area contributed by atoms with E-state index in [4.69, 9.17) is 9.15 Å². The van der Waals surface area contributed by atoms with Gasteiger partial charge in [-0.3, -0.25) is 4.79 Å². The second-order valence-corrected chi connectivity index (χ2v) is 7.27. The molecule has 0 radical (unpaired) electrons. The number of methoxy groups -OCH3 is 1. The predicted molar refractivity (Wildman–Crippen MR) is 106 cm³/mol. The van der Waals surface area contributed by atoms with Gasteiger partial charge in [0.1, 0.15) is 5.58 Å². The Morgan fingerprint density at radius 1 is 1.12 bits per heavy atom. The fraction of sp³-hybridized carbons (Fsp3) is 0.348. The fourth-order valence-corrected chi connectivity index (χ4v) is 3.50. The third kappa shape index (κ3) is 3.45. The van der Waals surface area contributed by atoms with Crippen molar-refractivity contribution in [1.82, 2.24) is 0 Å². The Hall–Kier alpha value is -2.39. The molecule has 0 aliphatic rings. The third-order valence-electron chi connectivity index (χ3n) is 4.92. The lowest BCUT2D eigenvalue weighted by molar-refractivity contribution is 0.101. The number of ether oxygens (including phenoxy) is 1. The van der Waals surface area contributed by atoms with Crippen LogP contribution in [-0.2, 0) is 4.74 Å². The zero-order chi connectivity index (χ0) is 18.8. The molecule has 26 heavy (non-hydrogen) atoms. The standard InChI is InChI=1S/C23H26O3/c1-14(2)19-11-20(15(3)13-25-5)23(16(4)24)21(12-19)17-6-7-22-18(10-17)8-9-26-22/h6-12,14-15H,13H2,1-5H3. The molecular weight excluding hydrogens is 324 g/mol. The van der Waals surface area contributed by atoms with Gasteiger partial charge in [0, 0.05) is 24.0 Å². The van der Waals surface area contributed by atoms with Crippen LogP contribution >= 0.6 is 0 Å². The van der Waals surface area contributed by atoms with E-state index < -0.39 is 0 Å². The fourth-order valence-electron chi connectivity index (χ4n) is 3.50. The highest BCUT2D eigenvalue weighted by Gasteiger charge is 2.21. The van der Waals surface area contributed by atoms with Gasteiger partial charge in [-0.05, 0) is 53.3 Å². The molecule has 1 heterocycles. The zero-order valence-corrected chi connectivity index (χ0v) is 16.1. The number of carbonyl (C=O) groups is 1. The largest absolute Gasteiger partial charge is 0.464 e. The minimum Gasteiger partial charge on any atom is -0.464 e. The lowest BCUT2D eigenvalue weighted by Crippen LogP contribution is -2.11. The molecular formula is C23H26O3.